The minimum absolute atomic E-state index is 0.00707. The number of benzene rings is 6. The van der Waals surface area contributed by atoms with Crippen molar-refractivity contribution in [2.24, 2.45) is 0 Å². The van der Waals surface area contributed by atoms with Crippen LogP contribution in [0.15, 0.2) is 170 Å². The molecular weight excluding hydrogens is 691 g/mol. The first kappa shape index (κ1) is 39.3. The van der Waals surface area contributed by atoms with E-state index in [1.165, 1.54) is 55.8 Å². The summed E-state index contributed by atoms with van der Waals surface area (Å²) in [4.78, 5) is 5.39. The number of hydrogen-bond acceptors (Lipinski definition) is 3. The first-order valence-electron chi connectivity index (χ1n) is 20.7. The van der Waals surface area contributed by atoms with Crippen LogP contribution in [0.1, 0.15) is 139 Å². The molecule has 3 nitrogen and oxygen atoms in total. The molecule has 1 aromatic heterocycles. The van der Waals surface area contributed by atoms with Crippen LogP contribution in [-0.2, 0) is 0 Å². The van der Waals surface area contributed by atoms with E-state index in [1.807, 2.05) is 0 Å². The monoisotopic (exact) mass is 747 g/mol. The number of rotatable bonds is 14. The molecule has 0 bridgehead atoms. The Balaban J connectivity index is 1.36. The molecule has 2 unspecified atom stereocenters. The van der Waals surface area contributed by atoms with Crippen LogP contribution in [-0.4, -0.2) is 4.98 Å². The molecule has 0 fully saturated rings. The van der Waals surface area contributed by atoms with Crippen LogP contribution >= 0.6 is 0 Å². The van der Waals surface area contributed by atoms with Crippen LogP contribution in [0.3, 0.4) is 0 Å². The van der Waals surface area contributed by atoms with Crippen LogP contribution in [0.5, 0.6) is 0 Å². The van der Waals surface area contributed by atoms with Crippen LogP contribution in [0, 0.1) is 6.92 Å². The molecule has 3 heteroatoms. The van der Waals surface area contributed by atoms with Crippen molar-refractivity contribution in [3.05, 3.63) is 231 Å². The maximum Gasteiger partial charge on any atom is 0.0657 e. The van der Waals surface area contributed by atoms with Gasteiger partial charge < -0.3 is 10.6 Å². The number of nitrogens with zero attached hydrogens (tertiary/aromatic N) is 1. The molecule has 0 aliphatic rings. The Kier molecular flexibility index (Phi) is 12.3. The molecular formula is C54H57N3. The van der Waals surface area contributed by atoms with Crippen molar-refractivity contribution in [1.82, 2.24) is 4.98 Å². The number of aryl methyl sites for hydroxylation is 1. The molecule has 57 heavy (non-hydrogen) atoms. The van der Waals surface area contributed by atoms with Gasteiger partial charge in [0.25, 0.3) is 0 Å². The molecule has 288 valence electrons. The van der Waals surface area contributed by atoms with Crippen LogP contribution in [0.25, 0.3) is 0 Å². The standard InChI is InChI=1S/C54H57N3/c1-36(2)45-30-20-31-46(37(3)4)53(45)55-39(6)49-32-21-33-50(57-49)40(7)56-54-47(51(41-22-12-8-13-23-41)42-24-14-9-15-25-42)34-38(5)35-48(54)52(43-26-16-10-17-27-43)44-28-18-11-19-29-44/h8-37,39-40,51-52,55-56H,1-7H3. The lowest BCUT2D eigenvalue weighted by atomic mass is 9.78. The highest BCUT2D eigenvalue weighted by molar-refractivity contribution is 5.69. The van der Waals surface area contributed by atoms with Gasteiger partial charge in [0.2, 0.25) is 0 Å². The van der Waals surface area contributed by atoms with E-state index in [-0.39, 0.29) is 23.9 Å². The van der Waals surface area contributed by atoms with Crippen molar-refractivity contribution >= 4 is 11.4 Å². The minimum atomic E-state index is -0.0917. The van der Waals surface area contributed by atoms with Gasteiger partial charge in [0.05, 0.1) is 23.5 Å². The highest BCUT2D eigenvalue weighted by atomic mass is 15.0. The van der Waals surface area contributed by atoms with Gasteiger partial charge in [0, 0.05) is 23.2 Å². The van der Waals surface area contributed by atoms with Gasteiger partial charge in [-0.15, -0.1) is 0 Å². The third kappa shape index (κ3) is 8.89. The molecule has 1 heterocycles. The highest BCUT2D eigenvalue weighted by Gasteiger charge is 2.28. The fourth-order valence-corrected chi connectivity index (χ4v) is 8.40. The molecule has 0 spiro atoms. The fourth-order valence-electron chi connectivity index (χ4n) is 8.40. The summed E-state index contributed by atoms with van der Waals surface area (Å²) in [5.74, 6) is 0.831. The number of para-hydroxylation sites is 1. The second kappa shape index (κ2) is 17.9. The van der Waals surface area contributed by atoms with E-state index in [9.17, 15) is 0 Å². The van der Waals surface area contributed by atoms with Gasteiger partial charge in [-0.3, -0.25) is 4.98 Å². The lowest BCUT2D eigenvalue weighted by molar-refractivity contribution is 0.765. The van der Waals surface area contributed by atoms with Gasteiger partial charge in [0.1, 0.15) is 0 Å². The van der Waals surface area contributed by atoms with Crippen molar-refractivity contribution in [2.45, 2.75) is 84.2 Å². The normalized spacial score (nSPS) is 12.6. The summed E-state index contributed by atoms with van der Waals surface area (Å²) in [6.07, 6.45) is 0. The average molecular weight is 748 g/mol. The Morgan fingerprint density at radius 3 is 1.02 bits per heavy atom. The average Bonchev–Trinajstić information content (AvgIpc) is 3.23. The topological polar surface area (TPSA) is 37.0 Å². The molecule has 0 saturated heterocycles. The number of pyridine rings is 1. The quantitative estimate of drug-likeness (QED) is 0.109. The predicted octanol–water partition coefficient (Wildman–Crippen LogP) is 14.3. The first-order chi connectivity index (χ1) is 27.7. The highest BCUT2D eigenvalue weighted by Crippen LogP contribution is 2.45. The van der Waals surface area contributed by atoms with Gasteiger partial charge in [-0.25, -0.2) is 0 Å². The number of aromatic nitrogens is 1. The van der Waals surface area contributed by atoms with Crippen molar-refractivity contribution in [3.63, 3.8) is 0 Å². The number of anilines is 2. The van der Waals surface area contributed by atoms with E-state index in [0.29, 0.717) is 11.8 Å². The maximum atomic E-state index is 5.39. The lowest BCUT2D eigenvalue weighted by Gasteiger charge is -2.31. The SMILES string of the molecule is Cc1cc(C(c2ccccc2)c2ccccc2)c(NC(C)c2cccc(C(C)Nc3c(C(C)C)cccc3C(C)C)n2)c(C(c2ccccc2)c2ccccc2)c1. The van der Waals surface area contributed by atoms with Crippen molar-refractivity contribution in [1.29, 1.82) is 0 Å². The molecule has 0 amide bonds. The Hall–Kier alpha value is -5.93. The Bertz CT molecular complexity index is 2140. The van der Waals surface area contributed by atoms with Gasteiger partial charge in [-0.2, -0.15) is 0 Å². The molecule has 7 rings (SSSR count). The van der Waals surface area contributed by atoms with E-state index in [2.05, 4.69) is 229 Å². The van der Waals surface area contributed by atoms with Gasteiger partial charge >= 0.3 is 0 Å². The summed E-state index contributed by atoms with van der Waals surface area (Å²) in [5.41, 5.74) is 15.9. The lowest BCUT2D eigenvalue weighted by Crippen LogP contribution is -2.18. The zero-order valence-electron chi connectivity index (χ0n) is 34.6. The third-order valence-electron chi connectivity index (χ3n) is 11.3. The zero-order valence-corrected chi connectivity index (χ0v) is 34.6. The molecule has 0 saturated carbocycles. The fraction of sp³-hybridized carbons (Fsp3) is 0.241. The largest absolute Gasteiger partial charge is 0.376 e. The molecule has 0 aliphatic heterocycles. The van der Waals surface area contributed by atoms with E-state index < -0.39 is 0 Å². The zero-order chi connectivity index (χ0) is 39.9. The summed E-state index contributed by atoms with van der Waals surface area (Å²) in [6.45, 7) is 15.8. The summed E-state index contributed by atoms with van der Waals surface area (Å²) >= 11 is 0. The molecule has 6 aromatic carbocycles. The summed E-state index contributed by atoms with van der Waals surface area (Å²) in [7, 11) is 0. The molecule has 2 atom stereocenters. The van der Waals surface area contributed by atoms with Crippen molar-refractivity contribution in [3.8, 4) is 0 Å². The number of hydrogen-bond donors (Lipinski definition) is 2. The second-order valence-electron chi connectivity index (χ2n) is 16.2. The summed E-state index contributed by atoms with van der Waals surface area (Å²) in [5, 5.41) is 8.06. The minimum Gasteiger partial charge on any atom is -0.376 e. The van der Waals surface area contributed by atoms with E-state index in [0.717, 1.165) is 17.1 Å². The smallest absolute Gasteiger partial charge is 0.0657 e. The van der Waals surface area contributed by atoms with E-state index >= 15 is 0 Å². The van der Waals surface area contributed by atoms with Crippen LogP contribution in [0.4, 0.5) is 11.4 Å². The first-order valence-corrected chi connectivity index (χ1v) is 20.7. The molecule has 7 aromatic rings. The van der Waals surface area contributed by atoms with Crippen LogP contribution in [0.2, 0.25) is 0 Å². The Labute approximate surface area is 341 Å². The van der Waals surface area contributed by atoms with E-state index in [1.54, 1.807) is 0 Å². The molecule has 2 N–H and O–H groups in total. The van der Waals surface area contributed by atoms with E-state index in [4.69, 9.17) is 4.98 Å². The van der Waals surface area contributed by atoms with Gasteiger partial charge in [0.15, 0.2) is 0 Å². The molecule has 0 aliphatic carbocycles. The van der Waals surface area contributed by atoms with Crippen molar-refractivity contribution in [2.75, 3.05) is 10.6 Å². The predicted molar refractivity (Wildman–Crippen MR) is 242 cm³/mol. The van der Waals surface area contributed by atoms with Gasteiger partial charge in [-0.05, 0) is 89.2 Å². The van der Waals surface area contributed by atoms with Crippen molar-refractivity contribution < 1.29 is 0 Å². The Morgan fingerprint density at radius 2 is 0.684 bits per heavy atom. The Morgan fingerprint density at radius 1 is 0.368 bits per heavy atom. The third-order valence-corrected chi connectivity index (χ3v) is 11.3. The summed E-state index contributed by atoms with van der Waals surface area (Å²) < 4.78 is 0. The summed E-state index contributed by atoms with van der Waals surface area (Å²) in [6, 6.07) is 61.7. The van der Waals surface area contributed by atoms with Crippen LogP contribution < -0.4 is 10.6 Å². The second-order valence-corrected chi connectivity index (χ2v) is 16.2. The van der Waals surface area contributed by atoms with Gasteiger partial charge in [-0.1, -0.05) is 191 Å². The molecule has 0 radical (unpaired) electrons. The number of nitrogens with one attached hydrogen (secondary N) is 2. The maximum absolute atomic E-state index is 5.39.